The summed E-state index contributed by atoms with van der Waals surface area (Å²) in [6.45, 7) is 5.42. The van der Waals surface area contributed by atoms with E-state index in [0.29, 0.717) is 30.8 Å². The van der Waals surface area contributed by atoms with Gasteiger partial charge in [-0.15, -0.1) is 0 Å². The van der Waals surface area contributed by atoms with Crippen molar-refractivity contribution < 1.29 is 4.52 Å². The molecule has 0 fully saturated rings. The number of nitrogens with zero attached hydrogens (tertiary/aromatic N) is 5. The van der Waals surface area contributed by atoms with E-state index in [1.54, 1.807) is 10.9 Å². The maximum absolute atomic E-state index is 5.21. The first-order valence-electron chi connectivity index (χ1n) is 5.74. The van der Waals surface area contributed by atoms with Gasteiger partial charge in [0.25, 0.3) is 0 Å². The quantitative estimate of drug-likeness (QED) is 0.844. The van der Waals surface area contributed by atoms with Gasteiger partial charge in [0.2, 0.25) is 5.89 Å². The van der Waals surface area contributed by atoms with E-state index in [0.717, 1.165) is 4.47 Å². The molecule has 98 valence electrons. The summed E-state index contributed by atoms with van der Waals surface area (Å²) >= 11 is 3.35. The van der Waals surface area contributed by atoms with E-state index in [4.69, 9.17) is 4.52 Å². The van der Waals surface area contributed by atoms with Gasteiger partial charge in [-0.25, -0.2) is 0 Å². The standard InChI is InChI=1S/C11H16BrN5O/c1-8(2)16(3)7-11-14-10(15-18-11)6-17-5-9(12)4-13-17/h4-5,8H,6-7H2,1-3H3. The summed E-state index contributed by atoms with van der Waals surface area (Å²) in [4.78, 5) is 6.48. The van der Waals surface area contributed by atoms with Crippen LogP contribution in [0.1, 0.15) is 25.6 Å². The molecule has 2 heterocycles. The van der Waals surface area contributed by atoms with E-state index in [9.17, 15) is 0 Å². The molecule has 0 bridgehead atoms. The van der Waals surface area contributed by atoms with Gasteiger partial charge in [0.05, 0.1) is 17.2 Å². The average Bonchev–Trinajstić information content (AvgIpc) is 2.89. The molecule has 0 aliphatic rings. The van der Waals surface area contributed by atoms with Crippen molar-refractivity contribution in [3.63, 3.8) is 0 Å². The summed E-state index contributed by atoms with van der Waals surface area (Å²) in [5.74, 6) is 1.27. The first-order valence-corrected chi connectivity index (χ1v) is 6.53. The van der Waals surface area contributed by atoms with Crippen molar-refractivity contribution in [1.29, 1.82) is 0 Å². The van der Waals surface area contributed by atoms with Gasteiger partial charge < -0.3 is 4.52 Å². The molecular weight excluding hydrogens is 298 g/mol. The van der Waals surface area contributed by atoms with Crippen LogP contribution in [0, 0.1) is 0 Å². The molecule has 6 nitrogen and oxygen atoms in total. The van der Waals surface area contributed by atoms with Crippen molar-refractivity contribution in [1.82, 2.24) is 24.8 Å². The lowest BCUT2D eigenvalue weighted by Crippen LogP contribution is -2.25. The minimum Gasteiger partial charge on any atom is -0.338 e. The smallest absolute Gasteiger partial charge is 0.240 e. The van der Waals surface area contributed by atoms with Crippen molar-refractivity contribution in [2.45, 2.75) is 33.0 Å². The van der Waals surface area contributed by atoms with Crippen LogP contribution in [0.25, 0.3) is 0 Å². The fraction of sp³-hybridized carbons (Fsp3) is 0.545. The van der Waals surface area contributed by atoms with Crippen LogP contribution in [0.4, 0.5) is 0 Å². The molecule has 0 saturated heterocycles. The number of halogens is 1. The Kier molecular flexibility index (Phi) is 4.13. The highest BCUT2D eigenvalue weighted by atomic mass is 79.9. The predicted octanol–water partition coefficient (Wildman–Crippen LogP) is 1.92. The largest absolute Gasteiger partial charge is 0.338 e. The van der Waals surface area contributed by atoms with Crippen molar-refractivity contribution in [2.75, 3.05) is 7.05 Å². The third-order valence-corrected chi connectivity index (χ3v) is 3.09. The Labute approximate surface area is 114 Å². The molecular formula is C11H16BrN5O. The lowest BCUT2D eigenvalue weighted by molar-refractivity contribution is 0.226. The highest BCUT2D eigenvalue weighted by Crippen LogP contribution is 2.08. The molecule has 2 aromatic rings. The average molecular weight is 314 g/mol. The number of aromatic nitrogens is 4. The highest BCUT2D eigenvalue weighted by molar-refractivity contribution is 9.10. The van der Waals surface area contributed by atoms with Gasteiger partial charge in [-0.05, 0) is 36.8 Å². The Morgan fingerprint density at radius 3 is 2.89 bits per heavy atom. The van der Waals surface area contributed by atoms with Crippen LogP contribution < -0.4 is 0 Å². The number of rotatable bonds is 5. The van der Waals surface area contributed by atoms with Crippen LogP contribution in [0.2, 0.25) is 0 Å². The molecule has 0 aliphatic heterocycles. The van der Waals surface area contributed by atoms with E-state index in [1.165, 1.54) is 0 Å². The lowest BCUT2D eigenvalue weighted by Gasteiger charge is -2.17. The summed E-state index contributed by atoms with van der Waals surface area (Å²) in [6, 6.07) is 0.447. The number of hydrogen-bond acceptors (Lipinski definition) is 5. The molecule has 2 aromatic heterocycles. The van der Waals surface area contributed by atoms with Crippen molar-refractivity contribution in [2.24, 2.45) is 0 Å². The zero-order chi connectivity index (χ0) is 13.1. The Morgan fingerprint density at radius 1 is 1.50 bits per heavy atom. The highest BCUT2D eigenvalue weighted by Gasteiger charge is 2.11. The molecule has 0 amide bonds. The summed E-state index contributed by atoms with van der Waals surface area (Å²) < 4.78 is 7.90. The fourth-order valence-corrected chi connectivity index (χ4v) is 1.71. The predicted molar refractivity (Wildman–Crippen MR) is 69.9 cm³/mol. The second kappa shape index (κ2) is 5.62. The monoisotopic (exact) mass is 313 g/mol. The maximum atomic E-state index is 5.21. The van der Waals surface area contributed by atoms with Crippen molar-refractivity contribution in [3.05, 3.63) is 28.6 Å². The zero-order valence-electron chi connectivity index (χ0n) is 10.7. The Hall–Kier alpha value is -1.21. The van der Waals surface area contributed by atoms with Gasteiger partial charge in [-0.2, -0.15) is 10.1 Å². The van der Waals surface area contributed by atoms with Crippen LogP contribution in [0.3, 0.4) is 0 Å². The van der Waals surface area contributed by atoms with E-state index in [1.807, 2.05) is 13.2 Å². The van der Waals surface area contributed by atoms with Gasteiger partial charge >= 0.3 is 0 Å². The molecule has 0 atom stereocenters. The van der Waals surface area contributed by atoms with Crippen molar-refractivity contribution >= 4 is 15.9 Å². The molecule has 2 rings (SSSR count). The van der Waals surface area contributed by atoms with Crippen LogP contribution in [0.15, 0.2) is 21.4 Å². The third kappa shape index (κ3) is 3.39. The van der Waals surface area contributed by atoms with E-state index >= 15 is 0 Å². The molecule has 0 saturated carbocycles. The number of hydrogen-bond donors (Lipinski definition) is 0. The summed E-state index contributed by atoms with van der Waals surface area (Å²) in [5.41, 5.74) is 0. The molecule has 0 unspecified atom stereocenters. The lowest BCUT2D eigenvalue weighted by atomic mass is 10.3. The van der Waals surface area contributed by atoms with Crippen LogP contribution in [-0.2, 0) is 13.1 Å². The SMILES string of the molecule is CC(C)N(C)Cc1nc(Cn2cc(Br)cn2)no1. The van der Waals surface area contributed by atoms with Crippen LogP contribution in [-0.4, -0.2) is 37.9 Å². The first-order chi connectivity index (χ1) is 8.54. The van der Waals surface area contributed by atoms with Gasteiger partial charge in [0.1, 0.15) is 6.54 Å². The minimum atomic E-state index is 0.447. The molecule has 0 aliphatic carbocycles. The molecule has 0 radical (unpaired) electrons. The molecule has 7 heteroatoms. The van der Waals surface area contributed by atoms with E-state index < -0.39 is 0 Å². The van der Waals surface area contributed by atoms with E-state index in [-0.39, 0.29) is 0 Å². The summed E-state index contributed by atoms with van der Waals surface area (Å²) in [5, 5.41) is 8.09. The summed E-state index contributed by atoms with van der Waals surface area (Å²) in [6.07, 6.45) is 3.60. The van der Waals surface area contributed by atoms with Crippen LogP contribution >= 0.6 is 15.9 Å². The zero-order valence-corrected chi connectivity index (χ0v) is 12.3. The minimum absolute atomic E-state index is 0.447. The van der Waals surface area contributed by atoms with Crippen molar-refractivity contribution in [3.8, 4) is 0 Å². The normalized spacial score (nSPS) is 11.7. The van der Waals surface area contributed by atoms with Gasteiger partial charge in [0, 0.05) is 12.2 Å². The van der Waals surface area contributed by atoms with Crippen LogP contribution in [0.5, 0.6) is 0 Å². The molecule has 18 heavy (non-hydrogen) atoms. The second-order valence-corrected chi connectivity index (χ2v) is 5.39. The Morgan fingerprint density at radius 2 is 2.28 bits per heavy atom. The topological polar surface area (TPSA) is 60.0 Å². The van der Waals surface area contributed by atoms with Gasteiger partial charge in [0.15, 0.2) is 5.82 Å². The fourth-order valence-electron chi connectivity index (χ4n) is 1.38. The summed E-state index contributed by atoms with van der Waals surface area (Å²) in [7, 11) is 2.03. The molecule has 0 spiro atoms. The second-order valence-electron chi connectivity index (χ2n) is 4.47. The third-order valence-electron chi connectivity index (χ3n) is 2.68. The molecule has 0 aromatic carbocycles. The molecule has 0 N–H and O–H groups in total. The van der Waals surface area contributed by atoms with Gasteiger partial charge in [-0.3, -0.25) is 9.58 Å². The Balaban J connectivity index is 1.98. The maximum Gasteiger partial charge on any atom is 0.240 e. The van der Waals surface area contributed by atoms with E-state index in [2.05, 4.69) is 49.9 Å². The van der Waals surface area contributed by atoms with Gasteiger partial charge in [-0.1, -0.05) is 5.16 Å². The first kappa shape index (κ1) is 13.2. The Bertz CT molecular complexity index is 507.